The fraction of sp³-hybridized carbons (Fsp3) is 0.308. The zero-order valence-corrected chi connectivity index (χ0v) is 11.3. The molecule has 96 valence electrons. The van der Waals surface area contributed by atoms with Crippen molar-refractivity contribution in [2.75, 3.05) is 5.73 Å². The smallest absolute Gasteiger partial charge is 0.348 e. The molecule has 5 heteroatoms. The summed E-state index contributed by atoms with van der Waals surface area (Å²) in [5.41, 5.74) is 8.14. The lowest BCUT2D eigenvalue weighted by Crippen LogP contribution is -2.00. The first kappa shape index (κ1) is 12.7. The Morgan fingerprint density at radius 2 is 2.17 bits per heavy atom. The molecule has 0 saturated heterocycles. The molecule has 0 aromatic carbocycles. The van der Waals surface area contributed by atoms with Crippen LogP contribution < -0.4 is 5.73 Å². The first-order valence-corrected chi connectivity index (χ1v) is 6.45. The third-order valence-corrected chi connectivity index (χ3v) is 4.03. The Morgan fingerprint density at radius 1 is 1.50 bits per heavy atom. The summed E-state index contributed by atoms with van der Waals surface area (Å²) in [6.45, 7) is 5.91. The Morgan fingerprint density at radius 3 is 2.61 bits per heavy atom. The van der Waals surface area contributed by atoms with Gasteiger partial charge in [0.05, 0.1) is 16.8 Å². The van der Waals surface area contributed by atoms with Crippen LogP contribution in [-0.4, -0.2) is 11.1 Å². The second-order valence-electron chi connectivity index (χ2n) is 4.48. The summed E-state index contributed by atoms with van der Waals surface area (Å²) in [6, 6.07) is 1.86. The minimum absolute atomic E-state index is 0.147. The predicted octanol–water partition coefficient (Wildman–Crippen LogP) is 3.72. The van der Waals surface area contributed by atoms with E-state index < -0.39 is 5.97 Å². The largest absolute Gasteiger partial charge is 0.477 e. The number of aromatic carboxylic acids is 1. The highest BCUT2D eigenvalue weighted by Gasteiger charge is 2.25. The maximum atomic E-state index is 11.2. The standard InChI is InChI=1S/C13H15NO3S/c1-6(2)8-9(14)12(13(15)16)18-11(8)10-7(3)4-5-17-10/h4-6H,14H2,1-3H3,(H,15,16). The first-order chi connectivity index (χ1) is 8.43. The van der Waals surface area contributed by atoms with Gasteiger partial charge < -0.3 is 15.3 Å². The van der Waals surface area contributed by atoms with Crippen molar-refractivity contribution in [3.05, 3.63) is 28.3 Å². The molecule has 0 aliphatic rings. The van der Waals surface area contributed by atoms with Gasteiger partial charge >= 0.3 is 5.97 Å². The third kappa shape index (κ3) is 1.90. The van der Waals surface area contributed by atoms with E-state index in [1.54, 1.807) is 6.26 Å². The zero-order chi connectivity index (χ0) is 13.4. The Hall–Kier alpha value is -1.75. The third-order valence-electron chi connectivity index (χ3n) is 2.82. The molecular weight excluding hydrogens is 250 g/mol. The van der Waals surface area contributed by atoms with Crippen molar-refractivity contribution in [1.29, 1.82) is 0 Å². The highest BCUT2D eigenvalue weighted by molar-refractivity contribution is 7.18. The summed E-state index contributed by atoms with van der Waals surface area (Å²) >= 11 is 1.18. The number of anilines is 1. The summed E-state index contributed by atoms with van der Waals surface area (Å²) in [6.07, 6.45) is 1.60. The second kappa shape index (κ2) is 4.49. The van der Waals surface area contributed by atoms with Crippen LogP contribution in [-0.2, 0) is 0 Å². The maximum Gasteiger partial charge on any atom is 0.348 e. The van der Waals surface area contributed by atoms with Gasteiger partial charge in [0.25, 0.3) is 0 Å². The lowest BCUT2D eigenvalue weighted by Gasteiger charge is -2.07. The molecule has 0 bridgehead atoms. The van der Waals surface area contributed by atoms with E-state index in [1.807, 2.05) is 26.8 Å². The van der Waals surface area contributed by atoms with Gasteiger partial charge in [-0.15, -0.1) is 11.3 Å². The van der Waals surface area contributed by atoms with E-state index in [1.165, 1.54) is 11.3 Å². The van der Waals surface area contributed by atoms with Crippen molar-refractivity contribution in [1.82, 2.24) is 0 Å². The van der Waals surface area contributed by atoms with Crippen molar-refractivity contribution in [3.63, 3.8) is 0 Å². The van der Waals surface area contributed by atoms with Crippen LogP contribution >= 0.6 is 11.3 Å². The van der Waals surface area contributed by atoms with E-state index in [9.17, 15) is 4.79 Å². The Labute approximate surface area is 109 Å². The van der Waals surface area contributed by atoms with E-state index in [2.05, 4.69) is 0 Å². The molecule has 0 aliphatic carbocycles. The normalized spacial score (nSPS) is 11.1. The van der Waals surface area contributed by atoms with Gasteiger partial charge in [0.1, 0.15) is 10.6 Å². The van der Waals surface area contributed by atoms with Gasteiger partial charge in [-0.1, -0.05) is 13.8 Å². The molecule has 4 nitrogen and oxygen atoms in total. The molecule has 2 heterocycles. The minimum Gasteiger partial charge on any atom is -0.477 e. The molecule has 0 fully saturated rings. The van der Waals surface area contributed by atoms with Crippen molar-refractivity contribution in [3.8, 4) is 10.6 Å². The monoisotopic (exact) mass is 265 g/mol. The van der Waals surface area contributed by atoms with Gasteiger partial charge in [0, 0.05) is 5.56 Å². The molecule has 2 aromatic heterocycles. The van der Waals surface area contributed by atoms with Crippen LogP contribution in [0.25, 0.3) is 10.6 Å². The average molecular weight is 265 g/mol. The van der Waals surface area contributed by atoms with Crippen molar-refractivity contribution < 1.29 is 14.3 Å². The summed E-state index contributed by atoms with van der Waals surface area (Å²) in [7, 11) is 0. The zero-order valence-electron chi connectivity index (χ0n) is 10.5. The lowest BCUT2D eigenvalue weighted by atomic mass is 10.00. The molecule has 0 unspecified atom stereocenters. The lowest BCUT2D eigenvalue weighted by molar-refractivity contribution is 0.0703. The Balaban J connectivity index is 2.71. The molecule has 18 heavy (non-hydrogen) atoms. The van der Waals surface area contributed by atoms with Crippen molar-refractivity contribution in [2.45, 2.75) is 26.7 Å². The van der Waals surface area contributed by atoms with E-state index in [4.69, 9.17) is 15.3 Å². The number of carboxylic acid groups (broad SMARTS) is 1. The molecule has 3 N–H and O–H groups in total. The number of nitrogens with two attached hydrogens (primary N) is 1. The van der Waals surface area contributed by atoms with Gasteiger partial charge in [-0.05, 0) is 24.5 Å². The number of carbonyl (C=O) groups is 1. The van der Waals surface area contributed by atoms with E-state index >= 15 is 0 Å². The molecule has 0 saturated carbocycles. The molecule has 0 spiro atoms. The number of rotatable bonds is 3. The number of nitrogen functional groups attached to an aromatic ring is 1. The van der Waals surface area contributed by atoms with Crippen LogP contribution in [0.2, 0.25) is 0 Å². The molecule has 0 atom stereocenters. The summed E-state index contributed by atoms with van der Waals surface area (Å²) in [5, 5.41) is 9.15. The van der Waals surface area contributed by atoms with Crippen LogP contribution in [0.15, 0.2) is 16.7 Å². The maximum absolute atomic E-state index is 11.2. The van der Waals surface area contributed by atoms with Crippen LogP contribution in [0.5, 0.6) is 0 Å². The number of hydrogen-bond donors (Lipinski definition) is 2. The highest BCUT2D eigenvalue weighted by Crippen LogP contribution is 2.43. The van der Waals surface area contributed by atoms with Gasteiger partial charge in [-0.25, -0.2) is 4.79 Å². The molecule has 0 radical (unpaired) electrons. The number of aryl methyl sites for hydroxylation is 1. The number of thiophene rings is 1. The van der Waals surface area contributed by atoms with Crippen molar-refractivity contribution in [2.24, 2.45) is 0 Å². The Bertz CT molecular complexity index is 595. The first-order valence-electron chi connectivity index (χ1n) is 5.63. The van der Waals surface area contributed by atoms with E-state index in [0.29, 0.717) is 11.4 Å². The van der Waals surface area contributed by atoms with Gasteiger partial charge in [-0.2, -0.15) is 0 Å². The fourth-order valence-electron chi connectivity index (χ4n) is 1.96. The summed E-state index contributed by atoms with van der Waals surface area (Å²) in [4.78, 5) is 12.2. The van der Waals surface area contributed by atoms with Gasteiger partial charge in [0.2, 0.25) is 0 Å². The fourth-order valence-corrected chi connectivity index (χ4v) is 3.23. The van der Waals surface area contributed by atoms with E-state index in [-0.39, 0.29) is 10.8 Å². The second-order valence-corrected chi connectivity index (χ2v) is 5.50. The predicted molar refractivity (Wildman–Crippen MR) is 72.2 cm³/mol. The number of hydrogen-bond acceptors (Lipinski definition) is 4. The average Bonchev–Trinajstić information content (AvgIpc) is 2.81. The molecule has 0 aliphatic heterocycles. The molecular formula is C13H15NO3S. The van der Waals surface area contributed by atoms with Crippen molar-refractivity contribution >= 4 is 23.0 Å². The SMILES string of the molecule is Cc1ccoc1-c1sc(C(=O)O)c(N)c1C(C)C. The van der Waals surface area contributed by atoms with Gasteiger partial charge in [-0.3, -0.25) is 0 Å². The molecule has 2 aromatic rings. The number of carboxylic acids is 1. The van der Waals surface area contributed by atoms with Crippen LogP contribution in [0.1, 0.15) is 40.6 Å². The highest BCUT2D eigenvalue weighted by atomic mass is 32.1. The quantitative estimate of drug-likeness (QED) is 0.886. The van der Waals surface area contributed by atoms with E-state index in [0.717, 1.165) is 16.0 Å². The molecule has 2 rings (SSSR count). The summed E-state index contributed by atoms with van der Waals surface area (Å²) in [5.74, 6) is -0.133. The Kier molecular flexibility index (Phi) is 3.17. The molecule has 0 amide bonds. The number of furan rings is 1. The minimum atomic E-state index is -0.991. The summed E-state index contributed by atoms with van der Waals surface area (Å²) < 4.78 is 5.45. The topological polar surface area (TPSA) is 76.5 Å². The van der Waals surface area contributed by atoms with Crippen LogP contribution in [0, 0.1) is 6.92 Å². The van der Waals surface area contributed by atoms with Crippen LogP contribution in [0.4, 0.5) is 5.69 Å². The van der Waals surface area contributed by atoms with Gasteiger partial charge in [0.15, 0.2) is 0 Å². The van der Waals surface area contributed by atoms with Crippen LogP contribution in [0.3, 0.4) is 0 Å².